The van der Waals surface area contributed by atoms with Gasteiger partial charge in [-0.3, -0.25) is 4.79 Å². The summed E-state index contributed by atoms with van der Waals surface area (Å²) in [5.41, 5.74) is 0.338. The SMILES string of the molecule is CNC[C@H]1C[C@@]1(C(=O)OC)c1ccccc1Cl. The van der Waals surface area contributed by atoms with Crippen LogP contribution in [0.25, 0.3) is 0 Å². The van der Waals surface area contributed by atoms with Gasteiger partial charge < -0.3 is 10.1 Å². The minimum atomic E-state index is -0.546. The molecular formula is C13H16ClNO2. The predicted molar refractivity (Wildman–Crippen MR) is 67.2 cm³/mol. The minimum Gasteiger partial charge on any atom is -0.468 e. The standard InChI is InChI=1S/C13H16ClNO2/c1-15-8-9-7-13(9,12(16)17-2)10-5-3-4-6-11(10)14/h3-6,9,15H,7-8H2,1-2H3/t9-,13+/m1/s1. The lowest BCUT2D eigenvalue weighted by Crippen LogP contribution is -2.28. The Morgan fingerprint density at radius 1 is 1.59 bits per heavy atom. The first-order valence-corrected chi connectivity index (χ1v) is 6.02. The van der Waals surface area contributed by atoms with Gasteiger partial charge >= 0.3 is 5.97 Å². The molecule has 2 atom stereocenters. The molecule has 0 saturated heterocycles. The van der Waals surface area contributed by atoms with Gasteiger partial charge in [-0.1, -0.05) is 29.8 Å². The summed E-state index contributed by atoms with van der Waals surface area (Å²) in [7, 11) is 3.31. The zero-order valence-corrected chi connectivity index (χ0v) is 10.8. The summed E-state index contributed by atoms with van der Waals surface area (Å²) in [5.74, 6) is 0.0747. The molecule has 0 radical (unpaired) electrons. The number of halogens is 1. The van der Waals surface area contributed by atoms with Crippen LogP contribution in [-0.4, -0.2) is 26.7 Å². The lowest BCUT2D eigenvalue weighted by atomic mass is 9.93. The van der Waals surface area contributed by atoms with Gasteiger partial charge in [-0.25, -0.2) is 0 Å². The van der Waals surface area contributed by atoms with Crippen molar-refractivity contribution >= 4 is 17.6 Å². The molecule has 0 bridgehead atoms. The fraction of sp³-hybridized carbons (Fsp3) is 0.462. The van der Waals surface area contributed by atoms with Gasteiger partial charge in [-0.05, 0) is 37.6 Å². The number of hydrogen-bond acceptors (Lipinski definition) is 3. The molecule has 0 aromatic heterocycles. The van der Waals surface area contributed by atoms with Crippen molar-refractivity contribution in [1.82, 2.24) is 5.32 Å². The van der Waals surface area contributed by atoms with Crippen molar-refractivity contribution < 1.29 is 9.53 Å². The second-order valence-electron chi connectivity index (χ2n) is 4.40. The van der Waals surface area contributed by atoms with Crippen LogP contribution in [0.15, 0.2) is 24.3 Å². The first-order chi connectivity index (χ1) is 8.16. The van der Waals surface area contributed by atoms with E-state index in [9.17, 15) is 4.79 Å². The molecule has 4 heteroatoms. The minimum absolute atomic E-state index is 0.189. The molecule has 3 nitrogen and oxygen atoms in total. The van der Waals surface area contributed by atoms with E-state index in [1.165, 1.54) is 7.11 Å². The first-order valence-electron chi connectivity index (χ1n) is 5.65. The molecule has 1 N–H and O–H groups in total. The van der Waals surface area contributed by atoms with E-state index in [4.69, 9.17) is 16.3 Å². The number of nitrogens with one attached hydrogen (secondary N) is 1. The van der Waals surface area contributed by atoms with Crippen molar-refractivity contribution in [2.24, 2.45) is 5.92 Å². The molecule has 92 valence electrons. The van der Waals surface area contributed by atoms with Crippen LogP contribution in [0.2, 0.25) is 5.02 Å². The quantitative estimate of drug-likeness (QED) is 0.834. The van der Waals surface area contributed by atoms with Gasteiger partial charge in [0.1, 0.15) is 0 Å². The van der Waals surface area contributed by atoms with Crippen LogP contribution in [-0.2, 0) is 14.9 Å². The summed E-state index contributed by atoms with van der Waals surface area (Å²) in [6, 6.07) is 7.50. The normalized spacial score (nSPS) is 26.6. The van der Waals surface area contributed by atoms with E-state index in [0.29, 0.717) is 5.02 Å². The highest BCUT2D eigenvalue weighted by molar-refractivity contribution is 6.31. The third-order valence-corrected chi connectivity index (χ3v) is 3.79. The van der Waals surface area contributed by atoms with E-state index in [0.717, 1.165) is 18.5 Å². The summed E-state index contributed by atoms with van der Waals surface area (Å²) in [6.07, 6.45) is 0.796. The Morgan fingerprint density at radius 3 is 2.88 bits per heavy atom. The molecule has 1 aliphatic carbocycles. The maximum atomic E-state index is 12.0. The molecule has 0 aliphatic heterocycles. The maximum absolute atomic E-state index is 12.0. The van der Waals surface area contributed by atoms with E-state index in [-0.39, 0.29) is 11.9 Å². The summed E-state index contributed by atoms with van der Waals surface area (Å²) >= 11 is 6.19. The fourth-order valence-corrected chi connectivity index (χ4v) is 2.82. The molecule has 0 heterocycles. The Bertz CT molecular complexity index is 435. The lowest BCUT2D eigenvalue weighted by molar-refractivity contribution is -0.144. The Labute approximate surface area is 106 Å². The van der Waals surface area contributed by atoms with E-state index in [1.54, 1.807) is 0 Å². The smallest absolute Gasteiger partial charge is 0.316 e. The maximum Gasteiger partial charge on any atom is 0.316 e. The fourth-order valence-electron chi connectivity index (χ4n) is 2.52. The highest BCUT2D eigenvalue weighted by atomic mass is 35.5. The van der Waals surface area contributed by atoms with E-state index < -0.39 is 5.41 Å². The molecule has 1 saturated carbocycles. The van der Waals surface area contributed by atoms with Crippen LogP contribution in [0, 0.1) is 5.92 Å². The molecule has 17 heavy (non-hydrogen) atoms. The Hall–Kier alpha value is -1.06. The lowest BCUT2D eigenvalue weighted by Gasteiger charge is -2.16. The van der Waals surface area contributed by atoms with Gasteiger partial charge in [0.05, 0.1) is 12.5 Å². The average molecular weight is 254 g/mol. The van der Waals surface area contributed by atoms with Crippen molar-refractivity contribution in [3.05, 3.63) is 34.9 Å². The third kappa shape index (κ3) is 1.94. The number of methoxy groups -OCH3 is 1. The molecule has 0 spiro atoms. The Balaban J connectivity index is 2.37. The van der Waals surface area contributed by atoms with Crippen molar-refractivity contribution in [1.29, 1.82) is 0 Å². The molecule has 1 aromatic rings. The van der Waals surface area contributed by atoms with Crippen LogP contribution in [0.3, 0.4) is 0 Å². The Kier molecular flexibility index (Phi) is 3.40. The third-order valence-electron chi connectivity index (χ3n) is 3.46. The molecular weight excluding hydrogens is 238 g/mol. The molecule has 1 aliphatic rings. The van der Waals surface area contributed by atoms with Crippen LogP contribution in [0.1, 0.15) is 12.0 Å². The number of ether oxygens (including phenoxy) is 1. The van der Waals surface area contributed by atoms with Crippen molar-refractivity contribution in [3.63, 3.8) is 0 Å². The van der Waals surface area contributed by atoms with E-state index in [2.05, 4.69) is 5.32 Å². The van der Waals surface area contributed by atoms with Gasteiger partial charge in [-0.2, -0.15) is 0 Å². The van der Waals surface area contributed by atoms with Crippen molar-refractivity contribution in [3.8, 4) is 0 Å². The zero-order valence-electron chi connectivity index (χ0n) is 10.00. The summed E-state index contributed by atoms with van der Waals surface area (Å²) in [4.78, 5) is 12.0. The average Bonchev–Trinajstić information content (AvgIpc) is 3.04. The van der Waals surface area contributed by atoms with Gasteiger partial charge in [0.2, 0.25) is 0 Å². The van der Waals surface area contributed by atoms with Gasteiger partial charge in [0, 0.05) is 5.02 Å². The van der Waals surface area contributed by atoms with Crippen LogP contribution in [0.4, 0.5) is 0 Å². The predicted octanol–water partition coefficient (Wildman–Crippen LogP) is 1.99. The van der Waals surface area contributed by atoms with Crippen LogP contribution < -0.4 is 5.32 Å². The Morgan fingerprint density at radius 2 is 2.29 bits per heavy atom. The number of esters is 1. The molecule has 2 rings (SSSR count). The first kappa shape index (κ1) is 12.4. The van der Waals surface area contributed by atoms with Crippen LogP contribution >= 0.6 is 11.6 Å². The zero-order chi connectivity index (χ0) is 12.5. The second-order valence-corrected chi connectivity index (χ2v) is 4.81. The second kappa shape index (κ2) is 4.67. The number of carbonyl (C=O) groups is 1. The summed E-state index contributed by atoms with van der Waals surface area (Å²) < 4.78 is 4.94. The van der Waals surface area contributed by atoms with E-state index >= 15 is 0 Å². The molecule has 1 aromatic carbocycles. The van der Waals surface area contributed by atoms with E-state index in [1.807, 2.05) is 31.3 Å². The number of hydrogen-bond donors (Lipinski definition) is 1. The van der Waals surface area contributed by atoms with Crippen molar-refractivity contribution in [2.45, 2.75) is 11.8 Å². The highest BCUT2D eigenvalue weighted by Gasteiger charge is 2.62. The molecule has 1 fully saturated rings. The van der Waals surface area contributed by atoms with Gasteiger partial charge in [0.15, 0.2) is 0 Å². The monoisotopic (exact) mass is 253 g/mol. The van der Waals surface area contributed by atoms with Gasteiger partial charge in [0.25, 0.3) is 0 Å². The topological polar surface area (TPSA) is 38.3 Å². The number of carbonyl (C=O) groups excluding carboxylic acids is 1. The molecule has 0 unspecified atom stereocenters. The largest absolute Gasteiger partial charge is 0.468 e. The highest BCUT2D eigenvalue weighted by Crippen LogP contribution is 2.56. The number of benzene rings is 1. The van der Waals surface area contributed by atoms with Gasteiger partial charge in [-0.15, -0.1) is 0 Å². The summed E-state index contributed by atoms with van der Waals surface area (Å²) in [5, 5.41) is 3.74. The number of rotatable bonds is 4. The van der Waals surface area contributed by atoms with Crippen molar-refractivity contribution in [2.75, 3.05) is 20.7 Å². The van der Waals surface area contributed by atoms with Crippen LogP contribution in [0.5, 0.6) is 0 Å². The molecule has 0 amide bonds. The summed E-state index contributed by atoms with van der Waals surface area (Å²) in [6.45, 7) is 0.792.